The van der Waals surface area contributed by atoms with Gasteiger partial charge in [-0.15, -0.1) is 0 Å². The second kappa shape index (κ2) is 8.15. The van der Waals surface area contributed by atoms with Crippen molar-refractivity contribution in [2.24, 2.45) is 17.8 Å². The molecular formula is C21H37N3O2. The van der Waals surface area contributed by atoms with E-state index in [2.05, 4.69) is 29.4 Å². The summed E-state index contributed by atoms with van der Waals surface area (Å²) in [6, 6.07) is 1.52. The maximum Gasteiger partial charge on any atom is 0.237 e. The molecule has 0 radical (unpaired) electrons. The zero-order valence-corrected chi connectivity index (χ0v) is 16.6. The van der Waals surface area contributed by atoms with Gasteiger partial charge < -0.3 is 15.4 Å². The Morgan fingerprint density at radius 2 is 1.85 bits per heavy atom. The van der Waals surface area contributed by atoms with Crippen molar-refractivity contribution in [1.82, 2.24) is 15.5 Å². The van der Waals surface area contributed by atoms with Crippen molar-refractivity contribution < 1.29 is 9.53 Å². The number of amides is 1. The molecule has 1 amide bonds. The van der Waals surface area contributed by atoms with Gasteiger partial charge >= 0.3 is 0 Å². The average Bonchev–Trinajstić information content (AvgIpc) is 3.10. The Labute approximate surface area is 158 Å². The van der Waals surface area contributed by atoms with Crippen LogP contribution in [-0.2, 0) is 9.53 Å². The Morgan fingerprint density at radius 3 is 2.62 bits per heavy atom. The van der Waals surface area contributed by atoms with Crippen LogP contribution in [0.1, 0.15) is 58.8 Å². The van der Waals surface area contributed by atoms with Gasteiger partial charge in [0.2, 0.25) is 5.91 Å². The summed E-state index contributed by atoms with van der Waals surface area (Å²) in [6.45, 7) is 8.47. The van der Waals surface area contributed by atoms with Crippen LogP contribution < -0.4 is 10.6 Å². The van der Waals surface area contributed by atoms with E-state index in [1.807, 2.05) is 0 Å². The zero-order valence-electron chi connectivity index (χ0n) is 16.6. The summed E-state index contributed by atoms with van der Waals surface area (Å²) < 4.78 is 5.51. The molecule has 2 heterocycles. The fourth-order valence-electron chi connectivity index (χ4n) is 5.93. The molecule has 7 unspecified atom stereocenters. The summed E-state index contributed by atoms with van der Waals surface area (Å²) in [5, 5.41) is 7.13. The van der Waals surface area contributed by atoms with E-state index in [4.69, 9.17) is 4.74 Å². The second-order valence-electron chi connectivity index (χ2n) is 9.36. The molecule has 4 aliphatic rings. The number of hydrogen-bond donors (Lipinski definition) is 2. The van der Waals surface area contributed by atoms with Crippen molar-refractivity contribution in [1.29, 1.82) is 0 Å². The lowest BCUT2D eigenvalue weighted by Crippen LogP contribution is -2.54. The van der Waals surface area contributed by atoms with Gasteiger partial charge in [0, 0.05) is 31.2 Å². The van der Waals surface area contributed by atoms with Crippen LogP contribution in [0.15, 0.2) is 0 Å². The van der Waals surface area contributed by atoms with Gasteiger partial charge in [-0.3, -0.25) is 9.69 Å². The highest BCUT2D eigenvalue weighted by atomic mass is 16.5. The molecule has 5 heteroatoms. The molecule has 2 saturated heterocycles. The SMILES string of the molecule is CC1CCC(N2CCOCC2)CC1NC(=O)C1CC2CCCC(C)C2N1. The third-order valence-corrected chi connectivity index (χ3v) is 7.66. The van der Waals surface area contributed by atoms with E-state index in [1.54, 1.807) is 0 Å². The van der Waals surface area contributed by atoms with Crippen molar-refractivity contribution >= 4 is 5.91 Å². The van der Waals surface area contributed by atoms with E-state index >= 15 is 0 Å². The molecule has 0 spiro atoms. The van der Waals surface area contributed by atoms with Crippen LogP contribution in [0.2, 0.25) is 0 Å². The molecule has 0 aromatic carbocycles. The van der Waals surface area contributed by atoms with E-state index < -0.39 is 0 Å². The summed E-state index contributed by atoms with van der Waals surface area (Å²) in [5.41, 5.74) is 0. The molecule has 2 saturated carbocycles. The molecule has 2 aliphatic carbocycles. The number of carbonyl (C=O) groups is 1. The smallest absolute Gasteiger partial charge is 0.237 e. The molecule has 0 aromatic rings. The van der Waals surface area contributed by atoms with Crippen LogP contribution in [0.25, 0.3) is 0 Å². The van der Waals surface area contributed by atoms with Gasteiger partial charge in [0.15, 0.2) is 0 Å². The lowest BCUT2D eigenvalue weighted by molar-refractivity contribution is -0.124. The Bertz CT molecular complexity index is 494. The third-order valence-electron chi connectivity index (χ3n) is 7.66. The Hall–Kier alpha value is -0.650. The molecule has 4 fully saturated rings. The Balaban J connectivity index is 1.32. The van der Waals surface area contributed by atoms with Crippen molar-refractivity contribution in [2.45, 2.75) is 83.0 Å². The first-order chi connectivity index (χ1) is 12.6. The minimum absolute atomic E-state index is 0.0292. The highest BCUT2D eigenvalue weighted by Crippen LogP contribution is 2.37. The first-order valence-corrected chi connectivity index (χ1v) is 11.0. The first kappa shape index (κ1) is 18.7. The normalized spacial score (nSPS) is 44.5. The van der Waals surface area contributed by atoms with Gasteiger partial charge in [0.1, 0.15) is 0 Å². The van der Waals surface area contributed by atoms with Gasteiger partial charge in [-0.2, -0.15) is 0 Å². The van der Waals surface area contributed by atoms with Gasteiger partial charge in [-0.25, -0.2) is 0 Å². The number of nitrogens with one attached hydrogen (secondary N) is 2. The molecule has 26 heavy (non-hydrogen) atoms. The highest BCUT2D eigenvalue weighted by Gasteiger charge is 2.42. The Morgan fingerprint density at radius 1 is 1.04 bits per heavy atom. The average molecular weight is 364 g/mol. The molecule has 148 valence electrons. The molecule has 0 aromatic heterocycles. The van der Waals surface area contributed by atoms with Crippen LogP contribution in [-0.4, -0.2) is 61.3 Å². The summed E-state index contributed by atoms with van der Waals surface area (Å²) in [6.07, 6.45) is 8.55. The van der Waals surface area contributed by atoms with Gasteiger partial charge in [0.05, 0.1) is 19.3 Å². The monoisotopic (exact) mass is 363 g/mol. The fraction of sp³-hybridized carbons (Fsp3) is 0.952. The lowest BCUT2D eigenvalue weighted by Gasteiger charge is -2.42. The maximum atomic E-state index is 13.0. The van der Waals surface area contributed by atoms with Crippen LogP contribution in [0, 0.1) is 17.8 Å². The van der Waals surface area contributed by atoms with Gasteiger partial charge in [-0.1, -0.05) is 20.3 Å². The van der Waals surface area contributed by atoms with Crippen molar-refractivity contribution in [3.8, 4) is 0 Å². The van der Waals surface area contributed by atoms with E-state index in [-0.39, 0.29) is 11.9 Å². The molecule has 7 atom stereocenters. The molecular weight excluding hydrogens is 326 g/mol. The third kappa shape index (κ3) is 3.95. The topological polar surface area (TPSA) is 53.6 Å². The van der Waals surface area contributed by atoms with Gasteiger partial charge in [-0.05, 0) is 56.3 Å². The number of ether oxygens (including phenoxy) is 1. The minimum Gasteiger partial charge on any atom is -0.379 e. The molecule has 0 bridgehead atoms. The van der Waals surface area contributed by atoms with Crippen molar-refractivity contribution in [3.63, 3.8) is 0 Å². The van der Waals surface area contributed by atoms with Crippen molar-refractivity contribution in [3.05, 3.63) is 0 Å². The first-order valence-electron chi connectivity index (χ1n) is 11.0. The van der Waals surface area contributed by atoms with Crippen molar-refractivity contribution in [2.75, 3.05) is 26.3 Å². The van der Waals surface area contributed by atoms with E-state index in [0.717, 1.165) is 39.1 Å². The second-order valence-corrected chi connectivity index (χ2v) is 9.36. The lowest BCUT2D eigenvalue weighted by atomic mass is 9.78. The Kier molecular flexibility index (Phi) is 5.87. The van der Waals surface area contributed by atoms with Crippen LogP contribution in [0.3, 0.4) is 0 Å². The number of fused-ring (bicyclic) bond motifs is 1. The molecule has 2 N–H and O–H groups in total. The number of rotatable bonds is 3. The summed E-state index contributed by atoms with van der Waals surface area (Å²) in [5.74, 6) is 2.26. The predicted octanol–water partition coefficient (Wildman–Crippen LogP) is 2.16. The fourth-order valence-corrected chi connectivity index (χ4v) is 5.93. The quantitative estimate of drug-likeness (QED) is 0.807. The maximum absolute atomic E-state index is 13.0. The molecule has 2 aliphatic heterocycles. The summed E-state index contributed by atoms with van der Waals surface area (Å²) in [7, 11) is 0. The number of morpholine rings is 1. The largest absolute Gasteiger partial charge is 0.379 e. The van der Waals surface area contributed by atoms with Crippen LogP contribution in [0.4, 0.5) is 0 Å². The number of carbonyl (C=O) groups excluding carboxylic acids is 1. The molecule has 5 nitrogen and oxygen atoms in total. The van der Waals surface area contributed by atoms with E-state index in [0.29, 0.717) is 35.9 Å². The van der Waals surface area contributed by atoms with Crippen LogP contribution >= 0.6 is 0 Å². The summed E-state index contributed by atoms with van der Waals surface area (Å²) in [4.78, 5) is 15.6. The standard InChI is InChI=1S/C21H37N3O2/c1-14-6-7-17(24-8-10-26-11-9-24)13-18(14)23-21(25)19-12-16-5-3-4-15(2)20(16)22-19/h14-20,22H,3-13H2,1-2H3,(H,23,25). The highest BCUT2D eigenvalue weighted by molar-refractivity contribution is 5.82. The van der Waals surface area contributed by atoms with Gasteiger partial charge in [0.25, 0.3) is 0 Å². The zero-order chi connectivity index (χ0) is 18.1. The number of nitrogens with zero attached hydrogens (tertiary/aromatic N) is 1. The minimum atomic E-state index is 0.0292. The van der Waals surface area contributed by atoms with E-state index in [1.165, 1.54) is 32.1 Å². The molecule has 4 rings (SSSR count). The summed E-state index contributed by atoms with van der Waals surface area (Å²) >= 11 is 0. The predicted molar refractivity (Wildman–Crippen MR) is 103 cm³/mol. The van der Waals surface area contributed by atoms with Crippen LogP contribution in [0.5, 0.6) is 0 Å². The van der Waals surface area contributed by atoms with E-state index in [9.17, 15) is 4.79 Å². The number of hydrogen-bond acceptors (Lipinski definition) is 4.